The lowest BCUT2D eigenvalue weighted by atomic mass is 9.75. The van der Waals surface area contributed by atoms with E-state index in [2.05, 4.69) is 108 Å². The normalized spacial score (nSPS) is 13.9. The first-order chi connectivity index (χ1) is 14.3. The van der Waals surface area contributed by atoms with Crippen LogP contribution in [0.5, 0.6) is 0 Å². The molecule has 138 valence electrons. The first-order valence-corrected chi connectivity index (χ1v) is 10.1. The highest BCUT2D eigenvalue weighted by Crippen LogP contribution is 2.45. The summed E-state index contributed by atoms with van der Waals surface area (Å²) in [5, 5.41) is 0. The number of rotatable bonds is 4. The zero-order valence-electron chi connectivity index (χ0n) is 16.3. The molecular formula is C27H22BN. The summed E-state index contributed by atoms with van der Waals surface area (Å²) in [5.74, 6) is 0. The van der Waals surface area contributed by atoms with Gasteiger partial charge in [-0.15, -0.1) is 0 Å². The molecule has 1 heterocycles. The van der Waals surface area contributed by atoms with E-state index in [0.29, 0.717) is 0 Å². The molecule has 0 spiro atoms. The van der Waals surface area contributed by atoms with Crippen molar-refractivity contribution in [2.24, 2.45) is 0 Å². The maximum Gasteiger partial charge on any atom is 0.113 e. The Balaban J connectivity index is 1.78. The maximum atomic E-state index is 6.10. The molecule has 2 heteroatoms. The average molecular weight is 371 g/mol. The van der Waals surface area contributed by atoms with Gasteiger partial charge < -0.3 is 0 Å². The van der Waals surface area contributed by atoms with E-state index in [1.165, 1.54) is 27.8 Å². The topological polar surface area (TPSA) is 3.24 Å². The fourth-order valence-electron chi connectivity index (χ4n) is 4.74. The minimum absolute atomic E-state index is 0.377. The van der Waals surface area contributed by atoms with Crippen molar-refractivity contribution in [2.75, 3.05) is 0 Å². The average Bonchev–Trinajstić information content (AvgIpc) is 3.20. The highest BCUT2D eigenvalue weighted by atomic mass is 15.2. The predicted molar refractivity (Wildman–Crippen MR) is 120 cm³/mol. The second-order valence-corrected chi connectivity index (χ2v) is 7.69. The summed E-state index contributed by atoms with van der Waals surface area (Å²) in [4.78, 5) is 2.58. The van der Waals surface area contributed by atoms with E-state index in [1.54, 1.807) is 0 Å². The Morgan fingerprint density at radius 2 is 1.00 bits per heavy atom. The molecule has 29 heavy (non-hydrogen) atoms. The molecule has 0 aliphatic carbocycles. The molecule has 1 aliphatic heterocycles. The fourth-order valence-corrected chi connectivity index (χ4v) is 4.74. The summed E-state index contributed by atoms with van der Waals surface area (Å²) >= 11 is 0. The van der Waals surface area contributed by atoms with Crippen LogP contribution in [0.4, 0.5) is 0 Å². The molecule has 1 aliphatic rings. The van der Waals surface area contributed by atoms with Gasteiger partial charge in [-0.25, -0.2) is 0 Å². The van der Waals surface area contributed by atoms with Gasteiger partial charge in [-0.2, -0.15) is 0 Å². The summed E-state index contributed by atoms with van der Waals surface area (Å²) < 4.78 is 0. The maximum absolute atomic E-state index is 6.10. The van der Waals surface area contributed by atoms with Crippen LogP contribution in [0.25, 0.3) is 0 Å². The van der Waals surface area contributed by atoms with Gasteiger partial charge in [0.2, 0.25) is 0 Å². The van der Waals surface area contributed by atoms with E-state index in [0.717, 1.165) is 18.6 Å². The van der Waals surface area contributed by atoms with E-state index >= 15 is 0 Å². The fraction of sp³-hybridized carbons (Fsp3) is 0.111. The minimum atomic E-state index is -0.377. The Labute approximate surface area is 174 Å². The summed E-state index contributed by atoms with van der Waals surface area (Å²) in [6, 6.07) is 38.9. The zero-order chi connectivity index (χ0) is 19.7. The number of fused-ring (bicyclic) bond motifs is 1. The lowest BCUT2D eigenvalue weighted by Crippen LogP contribution is -2.45. The number of nitrogens with zero attached hydrogens (tertiary/aromatic N) is 1. The highest BCUT2D eigenvalue weighted by Gasteiger charge is 2.44. The van der Waals surface area contributed by atoms with Crippen LogP contribution >= 0.6 is 0 Å². The van der Waals surface area contributed by atoms with Gasteiger partial charge in [0.05, 0.1) is 5.54 Å². The monoisotopic (exact) mass is 371 g/mol. The summed E-state index contributed by atoms with van der Waals surface area (Å²) in [6.07, 6.45) is 0. The number of hydrogen-bond acceptors (Lipinski definition) is 1. The Morgan fingerprint density at radius 3 is 1.48 bits per heavy atom. The quantitative estimate of drug-likeness (QED) is 0.368. The van der Waals surface area contributed by atoms with Gasteiger partial charge in [-0.3, -0.25) is 4.90 Å². The molecule has 5 rings (SSSR count). The molecule has 0 bridgehead atoms. The molecule has 0 saturated heterocycles. The van der Waals surface area contributed by atoms with Crippen LogP contribution < -0.4 is 5.46 Å². The molecule has 4 aromatic carbocycles. The number of hydrogen-bond donors (Lipinski definition) is 0. The van der Waals surface area contributed by atoms with Crippen molar-refractivity contribution in [1.29, 1.82) is 0 Å². The van der Waals surface area contributed by atoms with Crippen molar-refractivity contribution in [3.8, 4) is 0 Å². The molecule has 0 N–H and O–H groups in total. The highest BCUT2D eigenvalue weighted by molar-refractivity contribution is 6.32. The van der Waals surface area contributed by atoms with Crippen molar-refractivity contribution >= 4 is 13.3 Å². The SMILES string of the molecule is [B]c1ccc2c(c1)CN(C(c1ccccc1)(c1ccccc1)c1ccccc1)C2. The minimum Gasteiger partial charge on any atom is -0.277 e. The van der Waals surface area contributed by atoms with Gasteiger partial charge >= 0.3 is 0 Å². The van der Waals surface area contributed by atoms with Gasteiger partial charge in [0.15, 0.2) is 0 Å². The van der Waals surface area contributed by atoms with Crippen LogP contribution in [-0.2, 0) is 18.6 Å². The smallest absolute Gasteiger partial charge is 0.113 e. The zero-order valence-corrected chi connectivity index (χ0v) is 16.3. The standard InChI is InChI=1S/C27H22BN/c28-26-17-16-21-19-29(20-22(21)18-26)27(23-10-4-1-5-11-23,24-12-6-2-7-13-24)25-14-8-3-9-15-25/h1-18H,19-20H2. The molecule has 2 radical (unpaired) electrons. The molecule has 0 aromatic heterocycles. The summed E-state index contributed by atoms with van der Waals surface area (Å²) in [7, 11) is 6.10. The van der Waals surface area contributed by atoms with Crippen molar-refractivity contribution in [3.05, 3.63) is 137 Å². The van der Waals surface area contributed by atoms with Crippen LogP contribution in [0.15, 0.2) is 109 Å². The largest absolute Gasteiger partial charge is 0.277 e. The number of benzene rings is 4. The van der Waals surface area contributed by atoms with E-state index in [-0.39, 0.29) is 5.54 Å². The lowest BCUT2D eigenvalue weighted by molar-refractivity contribution is 0.157. The van der Waals surface area contributed by atoms with Gasteiger partial charge in [0, 0.05) is 13.1 Å². The third-order valence-corrected chi connectivity index (χ3v) is 6.00. The Bertz CT molecular complexity index is 1010. The molecule has 0 fully saturated rings. The molecule has 0 amide bonds. The molecule has 0 unspecified atom stereocenters. The first kappa shape index (κ1) is 18.0. The molecule has 0 atom stereocenters. The van der Waals surface area contributed by atoms with E-state index in [4.69, 9.17) is 7.85 Å². The van der Waals surface area contributed by atoms with Gasteiger partial charge in [-0.1, -0.05) is 115 Å². The summed E-state index contributed by atoms with van der Waals surface area (Å²) in [5.41, 5.74) is 6.95. The lowest BCUT2D eigenvalue weighted by Gasteiger charge is -2.43. The van der Waals surface area contributed by atoms with Crippen molar-refractivity contribution < 1.29 is 0 Å². The van der Waals surface area contributed by atoms with Crippen molar-refractivity contribution in [2.45, 2.75) is 18.6 Å². The van der Waals surface area contributed by atoms with Crippen LogP contribution in [0.2, 0.25) is 0 Å². The van der Waals surface area contributed by atoms with Crippen molar-refractivity contribution in [3.63, 3.8) is 0 Å². The Kier molecular flexibility index (Phi) is 4.57. The van der Waals surface area contributed by atoms with Crippen LogP contribution in [0.3, 0.4) is 0 Å². The predicted octanol–water partition coefficient (Wildman–Crippen LogP) is 4.79. The van der Waals surface area contributed by atoms with Crippen LogP contribution in [-0.4, -0.2) is 12.7 Å². The Hall–Kier alpha value is -3.10. The molecule has 4 aromatic rings. The molecule has 1 nitrogen and oxygen atoms in total. The Morgan fingerprint density at radius 1 is 0.552 bits per heavy atom. The van der Waals surface area contributed by atoms with Gasteiger partial charge in [0.1, 0.15) is 7.85 Å². The first-order valence-electron chi connectivity index (χ1n) is 10.1. The van der Waals surface area contributed by atoms with Crippen LogP contribution in [0.1, 0.15) is 27.8 Å². The van der Waals surface area contributed by atoms with Gasteiger partial charge in [-0.05, 0) is 27.8 Å². The second-order valence-electron chi connectivity index (χ2n) is 7.69. The second kappa shape index (κ2) is 7.38. The molecule has 0 saturated carbocycles. The van der Waals surface area contributed by atoms with E-state index in [1.807, 2.05) is 6.07 Å². The molecular weight excluding hydrogens is 349 g/mol. The van der Waals surface area contributed by atoms with Crippen molar-refractivity contribution in [1.82, 2.24) is 4.90 Å². The van der Waals surface area contributed by atoms with E-state index in [9.17, 15) is 0 Å². The third-order valence-electron chi connectivity index (χ3n) is 6.00. The van der Waals surface area contributed by atoms with Crippen LogP contribution in [0, 0.1) is 0 Å². The van der Waals surface area contributed by atoms with Gasteiger partial charge in [0.25, 0.3) is 0 Å². The van der Waals surface area contributed by atoms with E-state index < -0.39 is 0 Å². The summed E-state index contributed by atoms with van der Waals surface area (Å²) in [6.45, 7) is 1.74. The third kappa shape index (κ3) is 3.01.